The fourth-order valence-corrected chi connectivity index (χ4v) is 2.36. The highest BCUT2D eigenvalue weighted by atomic mass is 16.5. The smallest absolute Gasteiger partial charge is 0.340 e. The van der Waals surface area contributed by atoms with Gasteiger partial charge in [-0.25, -0.2) is 4.79 Å². The van der Waals surface area contributed by atoms with E-state index in [2.05, 4.69) is 5.32 Å². The third-order valence-corrected chi connectivity index (χ3v) is 3.54. The highest BCUT2D eigenvalue weighted by Crippen LogP contribution is 2.33. The molecule has 0 atom stereocenters. The van der Waals surface area contributed by atoms with Gasteiger partial charge in [-0.3, -0.25) is 4.79 Å². The lowest BCUT2D eigenvalue weighted by atomic mass is 10.0. The van der Waals surface area contributed by atoms with Crippen LogP contribution in [0.2, 0.25) is 0 Å². The molecule has 24 heavy (non-hydrogen) atoms. The van der Waals surface area contributed by atoms with Crippen LogP contribution in [0.25, 0.3) is 11.0 Å². The van der Waals surface area contributed by atoms with Crippen molar-refractivity contribution < 1.29 is 28.6 Å². The third-order valence-electron chi connectivity index (χ3n) is 3.54. The quantitative estimate of drug-likeness (QED) is 0.709. The van der Waals surface area contributed by atoms with E-state index in [1.54, 1.807) is 19.1 Å². The zero-order chi connectivity index (χ0) is 17.9. The Hall–Kier alpha value is -3.03. The standard InChI is InChI=1S/C16H17NO7/c1-8-10(6-13(18)17-7-14(19)20)16(21)24-12-5-9(22-2)4-11(23-3)15(8)12/h4-5H,6-7H2,1-3H3,(H,17,18)(H,19,20)/p-1. The first-order chi connectivity index (χ1) is 11.4. The lowest BCUT2D eigenvalue weighted by Crippen LogP contribution is -2.38. The Labute approximate surface area is 137 Å². The molecule has 0 saturated heterocycles. The number of aliphatic carboxylic acids is 1. The number of nitrogens with one attached hydrogen (secondary N) is 1. The Kier molecular flexibility index (Phi) is 5.08. The lowest BCUT2D eigenvalue weighted by Gasteiger charge is -2.12. The van der Waals surface area contributed by atoms with Gasteiger partial charge in [-0.15, -0.1) is 0 Å². The molecule has 0 saturated carbocycles. The molecule has 1 aromatic carbocycles. The Morgan fingerprint density at radius 1 is 1.25 bits per heavy atom. The maximum atomic E-state index is 12.2. The van der Waals surface area contributed by atoms with Gasteiger partial charge in [-0.2, -0.15) is 0 Å². The first-order valence-electron chi connectivity index (χ1n) is 7.02. The summed E-state index contributed by atoms with van der Waals surface area (Å²) in [7, 11) is 2.94. The van der Waals surface area contributed by atoms with E-state index in [1.165, 1.54) is 14.2 Å². The van der Waals surface area contributed by atoms with Gasteiger partial charge in [0.15, 0.2) is 0 Å². The molecule has 128 valence electrons. The minimum absolute atomic E-state index is 0.127. The first-order valence-corrected chi connectivity index (χ1v) is 7.02. The molecule has 0 spiro atoms. The van der Waals surface area contributed by atoms with Crippen molar-refractivity contribution in [1.29, 1.82) is 0 Å². The van der Waals surface area contributed by atoms with Crippen LogP contribution in [-0.2, 0) is 16.0 Å². The van der Waals surface area contributed by atoms with Crippen LogP contribution in [0.1, 0.15) is 11.1 Å². The van der Waals surface area contributed by atoms with Crippen LogP contribution in [0.3, 0.4) is 0 Å². The van der Waals surface area contributed by atoms with E-state index in [9.17, 15) is 19.5 Å². The minimum atomic E-state index is -1.42. The molecule has 0 bridgehead atoms. The molecule has 0 unspecified atom stereocenters. The summed E-state index contributed by atoms with van der Waals surface area (Å²) in [5.74, 6) is -1.15. The number of methoxy groups -OCH3 is 2. The zero-order valence-corrected chi connectivity index (χ0v) is 13.4. The summed E-state index contributed by atoms with van der Waals surface area (Å²) < 4.78 is 15.7. The van der Waals surface area contributed by atoms with E-state index in [0.717, 1.165) is 0 Å². The maximum Gasteiger partial charge on any atom is 0.340 e. The number of amides is 1. The second-order valence-corrected chi connectivity index (χ2v) is 5.02. The number of hydrogen-bond acceptors (Lipinski definition) is 7. The highest BCUT2D eigenvalue weighted by Gasteiger charge is 2.18. The fourth-order valence-electron chi connectivity index (χ4n) is 2.36. The summed E-state index contributed by atoms with van der Waals surface area (Å²) >= 11 is 0. The molecule has 1 aromatic heterocycles. The summed E-state index contributed by atoms with van der Waals surface area (Å²) in [5, 5.41) is 13.1. The average molecular weight is 334 g/mol. The SMILES string of the molecule is COc1cc(OC)c2c(C)c(CC(=O)NCC(=O)[O-])c(=O)oc2c1. The van der Waals surface area contributed by atoms with E-state index < -0.39 is 24.0 Å². The number of carbonyl (C=O) groups is 2. The summed E-state index contributed by atoms with van der Waals surface area (Å²) in [5.41, 5.74) is 0.234. The predicted octanol–water partition coefficient (Wildman–Crippen LogP) is -0.473. The normalized spacial score (nSPS) is 10.5. The van der Waals surface area contributed by atoms with Crippen molar-refractivity contribution in [1.82, 2.24) is 5.32 Å². The molecule has 0 radical (unpaired) electrons. The molecule has 1 heterocycles. The minimum Gasteiger partial charge on any atom is -0.548 e. The Morgan fingerprint density at radius 2 is 1.96 bits per heavy atom. The van der Waals surface area contributed by atoms with E-state index in [0.29, 0.717) is 22.4 Å². The Bertz CT molecular complexity index is 854. The van der Waals surface area contributed by atoms with Crippen molar-refractivity contribution in [2.45, 2.75) is 13.3 Å². The van der Waals surface area contributed by atoms with Crippen molar-refractivity contribution in [3.05, 3.63) is 33.7 Å². The molecular weight excluding hydrogens is 318 g/mol. The van der Waals surface area contributed by atoms with E-state index in [4.69, 9.17) is 13.9 Å². The summed E-state index contributed by atoms with van der Waals surface area (Å²) in [6.45, 7) is 1.03. The van der Waals surface area contributed by atoms with Crippen molar-refractivity contribution in [2.24, 2.45) is 0 Å². The van der Waals surface area contributed by atoms with Crippen molar-refractivity contribution in [3.63, 3.8) is 0 Å². The van der Waals surface area contributed by atoms with Crippen LogP contribution in [0.15, 0.2) is 21.3 Å². The largest absolute Gasteiger partial charge is 0.548 e. The molecule has 1 amide bonds. The van der Waals surface area contributed by atoms with E-state index in [-0.39, 0.29) is 17.6 Å². The number of ether oxygens (including phenoxy) is 2. The number of aryl methyl sites for hydroxylation is 1. The Balaban J connectivity index is 2.50. The molecule has 8 nitrogen and oxygen atoms in total. The van der Waals surface area contributed by atoms with Gasteiger partial charge in [0.1, 0.15) is 17.1 Å². The number of benzene rings is 1. The van der Waals surface area contributed by atoms with Crippen LogP contribution in [-0.4, -0.2) is 32.6 Å². The fraction of sp³-hybridized carbons (Fsp3) is 0.312. The number of hydrogen-bond donors (Lipinski definition) is 1. The van der Waals surface area contributed by atoms with Gasteiger partial charge in [0.25, 0.3) is 0 Å². The summed E-state index contributed by atoms with van der Waals surface area (Å²) in [4.78, 5) is 34.3. The Morgan fingerprint density at radius 3 is 2.54 bits per heavy atom. The van der Waals surface area contributed by atoms with Gasteiger partial charge in [-0.05, 0) is 12.5 Å². The van der Waals surface area contributed by atoms with Crippen molar-refractivity contribution in [3.8, 4) is 11.5 Å². The number of fused-ring (bicyclic) bond motifs is 1. The molecular formula is C16H16NO7-. The molecule has 2 aromatic rings. The topological polar surface area (TPSA) is 118 Å². The second kappa shape index (κ2) is 7.03. The van der Waals surface area contributed by atoms with Crippen LogP contribution in [0.4, 0.5) is 0 Å². The second-order valence-electron chi connectivity index (χ2n) is 5.02. The highest BCUT2D eigenvalue weighted by molar-refractivity contribution is 5.90. The van der Waals surface area contributed by atoms with Crippen molar-refractivity contribution >= 4 is 22.8 Å². The monoisotopic (exact) mass is 334 g/mol. The number of carboxylic acids is 1. The van der Waals surface area contributed by atoms with E-state index >= 15 is 0 Å². The third kappa shape index (κ3) is 3.48. The number of rotatable bonds is 6. The van der Waals surface area contributed by atoms with Crippen LogP contribution in [0, 0.1) is 6.92 Å². The number of carboxylic acid groups (broad SMARTS) is 1. The molecule has 0 aliphatic carbocycles. The maximum absolute atomic E-state index is 12.2. The van der Waals surface area contributed by atoms with Gasteiger partial charge in [0, 0.05) is 12.1 Å². The first kappa shape index (κ1) is 17.3. The van der Waals surface area contributed by atoms with Gasteiger partial charge in [-0.1, -0.05) is 0 Å². The molecule has 0 fully saturated rings. The van der Waals surface area contributed by atoms with Gasteiger partial charge >= 0.3 is 5.63 Å². The summed E-state index contributed by atoms with van der Waals surface area (Å²) in [6.07, 6.45) is -0.313. The molecule has 1 N–H and O–H groups in total. The van der Waals surface area contributed by atoms with Crippen LogP contribution in [0.5, 0.6) is 11.5 Å². The zero-order valence-electron chi connectivity index (χ0n) is 13.4. The molecule has 8 heteroatoms. The average Bonchev–Trinajstić information content (AvgIpc) is 2.55. The van der Waals surface area contributed by atoms with E-state index in [1.807, 2.05) is 0 Å². The molecule has 0 aliphatic rings. The number of carbonyl (C=O) groups excluding carboxylic acids is 2. The van der Waals surface area contributed by atoms with Gasteiger partial charge < -0.3 is 29.1 Å². The lowest BCUT2D eigenvalue weighted by molar-refractivity contribution is -0.304. The molecule has 2 rings (SSSR count). The van der Waals surface area contributed by atoms with Crippen molar-refractivity contribution in [2.75, 3.05) is 20.8 Å². The molecule has 0 aliphatic heterocycles. The van der Waals surface area contributed by atoms with Crippen LogP contribution >= 0.6 is 0 Å². The van der Waals surface area contributed by atoms with Gasteiger partial charge in [0.2, 0.25) is 5.91 Å². The summed E-state index contributed by atoms with van der Waals surface area (Å²) in [6, 6.07) is 3.18. The van der Waals surface area contributed by atoms with Gasteiger partial charge in [0.05, 0.1) is 44.1 Å². The van der Waals surface area contributed by atoms with Crippen LogP contribution < -0.4 is 25.5 Å². The predicted molar refractivity (Wildman–Crippen MR) is 82.0 cm³/mol.